The average Bonchev–Trinajstić information content (AvgIpc) is 2.37. The first-order chi connectivity index (χ1) is 9.38. The van der Waals surface area contributed by atoms with Crippen LogP contribution in [-0.2, 0) is 0 Å². The Hall–Kier alpha value is -1.92. The SMILES string of the molecule is Cc1nc(Cl)c(Oc2ccc(Cl)cc2[N+](=O)[O-])nc1C. The smallest absolute Gasteiger partial charge is 0.313 e. The molecule has 0 aliphatic carbocycles. The normalized spacial score (nSPS) is 10.4. The third-order valence-corrected chi connectivity index (χ3v) is 3.04. The van der Waals surface area contributed by atoms with E-state index in [0.29, 0.717) is 11.4 Å². The number of hydrogen-bond donors (Lipinski definition) is 0. The topological polar surface area (TPSA) is 78.2 Å². The number of nitrogens with zero attached hydrogens (tertiary/aromatic N) is 3. The molecule has 0 atom stereocenters. The van der Waals surface area contributed by atoms with Gasteiger partial charge in [-0.3, -0.25) is 10.1 Å². The van der Waals surface area contributed by atoms with Crippen LogP contribution in [0.4, 0.5) is 5.69 Å². The standard InChI is InChI=1S/C12H9Cl2N3O3/c1-6-7(2)16-12(11(14)15-6)20-10-4-3-8(13)5-9(10)17(18)19/h3-5H,1-2H3. The van der Waals surface area contributed by atoms with Gasteiger partial charge in [0.05, 0.1) is 16.3 Å². The highest BCUT2D eigenvalue weighted by Crippen LogP contribution is 2.35. The lowest BCUT2D eigenvalue weighted by atomic mass is 10.3. The maximum atomic E-state index is 11.0. The lowest BCUT2D eigenvalue weighted by Gasteiger charge is -2.08. The summed E-state index contributed by atoms with van der Waals surface area (Å²) >= 11 is 11.6. The van der Waals surface area contributed by atoms with Gasteiger partial charge in [-0.05, 0) is 26.0 Å². The van der Waals surface area contributed by atoms with Gasteiger partial charge in [0.2, 0.25) is 5.75 Å². The number of ether oxygens (including phenoxy) is 1. The predicted molar refractivity (Wildman–Crippen MR) is 74.7 cm³/mol. The highest BCUT2D eigenvalue weighted by Gasteiger charge is 2.19. The van der Waals surface area contributed by atoms with Crippen molar-refractivity contribution in [2.75, 3.05) is 0 Å². The monoisotopic (exact) mass is 313 g/mol. The van der Waals surface area contributed by atoms with E-state index in [4.69, 9.17) is 27.9 Å². The van der Waals surface area contributed by atoms with Gasteiger partial charge in [0.1, 0.15) is 0 Å². The Kier molecular flexibility index (Phi) is 4.06. The molecule has 104 valence electrons. The maximum Gasteiger partial charge on any atom is 0.313 e. The number of nitro groups is 1. The quantitative estimate of drug-likeness (QED) is 0.629. The van der Waals surface area contributed by atoms with Crippen LogP contribution in [0.1, 0.15) is 11.4 Å². The summed E-state index contributed by atoms with van der Waals surface area (Å²) in [6, 6.07) is 4.05. The molecule has 1 aromatic heterocycles. The highest BCUT2D eigenvalue weighted by molar-refractivity contribution is 6.31. The molecule has 0 spiro atoms. The zero-order valence-electron chi connectivity index (χ0n) is 10.6. The third-order valence-electron chi connectivity index (χ3n) is 2.56. The maximum absolute atomic E-state index is 11.0. The van der Waals surface area contributed by atoms with Crippen LogP contribution >= 0.6 is 23.2 Å². The molecule has 0 bridgehead atoms. The van der Waals surface area contributed by atoms with Crippen LogP contribution in [0, 0.1) is 24.0 Å². The van der Waals surface area contributed by atoms with Gasteiger partial charge in [-0.25, -0.2) is 9.97 Å². The van der Waals surface area contributed by atoms with Crippen molar-refractivity contribution in [1.29, 1.82) is 0 Å². The summed E-state index contributed by atoms with van der Waals surface area (Å²) in [7, 11) is 0. The van der Waals surface area contributed by atoms with Gasteiger partial charge < -0.3 is 4.74 Å². The van der Waals surface area contributed by atoms with Gasteiger partial charge in [-0.2, -0.15) is 0 Å². The second kappa shape index (κ2) is 5.60. The first kappa shape index (κ1) is 14.5. The van der Waals surface area contributed by atoms with Crippen LogP contribution in [0.25, 0.3) is 0 Å². The van der Waals surface area contributed by atoms with Gasteiger partial charge in [0, 0.05) is 11.1 Å². The summed E-state index contributed by atoms with van der Waals surface area (Å²) in [4.78, 5) is 18.5. The lowest BCUT2D eigenvalue weighted by Crippen LogP contribution is -1.99. The summed E-state index contributed by atoms with van der Waals surface area (Å²) in [5.41, 5.74) is 1.02. The Bertz CT molecular complexity index is 692. The van der Waals surface area contributed by atoms with Crippen LogP contribution in [0.15, 0.2) is 18.2 Å². The van der Waals surface area contributed by atoms with Crippen LogP contribution in [0.2, 0.25) is 10.2 Å². The molecule has 0 radical (unpaired) electrons. The molecule has 0 saturated heterocycles. The zero-order chi connectivity index (χ0) is 14.9. The Labute approximate surface area is 124 Å². The lowest BCUT2D eigenvalue weighted by molar-refractivity contribution is -0.385. The zero-order valence-corrected chi connectivity index (χ0v) is 12.1. The number of aromatic nitrogens is 2. The largest absolute Gasteiger partial charge is 0.429 e. The van der Waals surface area contributed by atoms with E-state index in [9.17, 15) is 10.1 Å². The van der Waals surface area contributed by atoms with Crippen molar-refractivity contribution in [2.45, 2.75) is 13.8 Å². The van der Waals surface area contributed by atoms with Crippen LogP contribution in [-0.4, -0.2) is 14.9 Å². The van der Waals surface area contributed by atoms with Crippen molar-refractivity contribution in [3.8, 4) is 11.6 Å². The number of rotatable bonds is 3. The molecule has 8 heteroatoms. The third kappa shape index (κ3) is 2.97. The van der Waals surface area contributed by atoms with Crippen molar-refractivity contribution >= 4 is 28.9 Å². The Morgan fingerprint density at radius 2 is 1.85 bits per heavy atom. The van der Waals surface area contributed by atoms with E-state index in [1.54, 1.807) is 13.8 Å². The summed E-state index contributed by atoms with van der Waals surface area (Å²) in [5.74, 6) is 0.0130. The molecule has 20 heavy (non-hydrogen) atoms. The van der Waals surface area contributed by atoms with Crippen molar-refractivity contribution < 1.29 is 9.66 Å². The molecule has 2 aromatic rings. The van der Waals surface area contributed by atoms with E-state index in [0.717, 1.165) is 0 Å². The van der Waals surface area contributed by atoms with E-state index in [1.165, 1.54) is 18.2 Å². The molecule has 0 aliphatic rings. The van der Waals surface area contributed by atoms with Gasteiger partial charge in [0.15, 0.2) is 5.15 Å². The Morgan fingerprint density at radius 3 is 2.50 bits per heavy atom. The molecular formula is C12H9Cl2N3O3. The minimum Gasteiger partial charge on any atom is -0.429 e. The van der Waals surface area contributed by atoms with Crippen molar-refractivity contribution in [3.63, 3.8) is 0 Å². The molecule has 0 N–H and O–H groups in total. The molecule has 0 saturated carbocycles. The van der Waals surface area contributed by atoms with Gasteiger partial charge in [-0.1, -0.05) is 23.2 Å². The van der Waals surface area contributed by atoms with Gasteiger partial charge in [0.25, 0.3) is 5.88 Å². The fraction of sp³-hybridized carbons (Fsp3) is 0.167. The van der Waals surface area contributed by atoms with Crippen LogP contribution in [0.3, 0.4) is 0 Å². The minimum atomic E-state index is -0.594. The summed E-state index contributed by atoms with van der Waals surface area (Å²) in [5, 5.41) is 11.2. The predicted octanol–water partition coefficient (Wildman–Crippen LogP) is 4.10. The Morgan fingerprint density at radius 1 is 1.20 bits per heavy atom. The minimum absolute atomic E-state index is 0.00106. The van der Waals surface area contributed by atoms with Crippen LogP contribution in [0.5, 0.6) is 11.6 Å². The number of halogens is 2. The number of aryl methyl sites for hydroxylation is 2. The molecular weight excluding hydrogens is 305 g/mol. The number of hydrogen-bond acceptors (Lipinski definition) is 5. The molecule has 0 amide bonds. The van der Waals surface area contributed by atoms with E-state index in [2.05, 4.69) is 9.97 Å². The molecule has 1 aromatic carbocycles. The number of benzene rings is 1. The van der Waals surface area contributed by atoms with E-state index >= 15 is 0 Å². The summed E-state index contributed by atoms with van der Waals surface area (Å²) in [6.07, 6.45) is 0. The first-order valence-electron chi connectivity index (χ1n) is 5.51. The highest BCUT2D eigenvalue weighted by atomic mass is 35.5. The second-order valence-corrected chi connectivity index (χ2v) is 4.76. The van der Waals surface area contributed by atoms with Crippen LogP contribution < -0.4 is 4.74 Å². The molecule has 0 unspecified atom stereocenters. The van der Waals surface area contributed by atoms with Crippen molar-refractivity contribution in [1.82, 2.24) is 9.97 Å². The molecule has 6 nitrogen and oxygen atoms in total. The number of nitro benzene ring substituents is 1. The van der Waals surface area contributed by atoms with Crippen molar-refractivity contribution in [3.05, 3.63) is 49.9 Å². The first-order valence-corrected chi connectivity index (χ1v) is 6.26. The van der Waals surface area contributed by atoms with E-state index in [-0.39, 0.29) is 27.5 Å². The molecule has 1 heterocycles. The van der Waals surface area contributed by atoms with Crippen molar-refractivity contribution in [2.24, 2.45) is 0 Å². The average molecular weight is 314 g/mol. The van der Waals surface area contributed by atoms with E-state index < -0.39 is 4.92 Å². The van der Waals surface area contributed by atoms with E-state index in [1.807, 2.05) is 0 Å². The van der Waals surface area contributed by atoms with Gasteiger partial charge >= 0.3 is 5.69 Å². The molecule has 2 rings (SSSR count). The second-order valence-electron chi connectivity index (χ2n) is 3.96. The fourth-order valence-electron chi connectivity index (χ4n) is 1.44. The summed E-state index contributed by atoms with van der Waals surface area (Å²) in [6.45, 7) is 3.49. The molecule has 0 fully saturated rings. The fourth-order valence-corrected chi connectivity index (χ4v) is 1.82. The Balaban J connectivity index is 2.45. The molecule has 0 aliphatic heterocycles. The summed E-state index contributed by atoms with van der Waals surface area (Å²) < 4.78 is 5.39. The van der Waals surface area contributed by atoms with Gasteiger partial charge in [-0.15, -0.1) is 0 Å².